The van der Waals surface area contributed by atoms with Crippen LogP contribution in [0.1, 0.15) is 57.9 Å². The van der Waals surface area contributed by atoms with E-state index in [4.69, 9.17) is 0 Å². The van der Waals surface area contributed by atoms with E-state index in [1.165, 1.54) is 12.8 Å². The third kappa shape index (κ3) is 7.35. The van der Waals surface area contributed by atoms with Gasteiger partial charge in [-0.15, -0.1) is 24.0 Å². The van der Waals surface area contributed by atoms with Crippen LogP contribution < -0.4 is 16.0 Å². The van der Waals surface area contributed by atoms with Crippen LogP contribution in [0.3, 0.4) is 0 Å². The van der Waals surface area contributed by atoms with E-state index in [-0.39, 0.29) is 47.8 Å². The number of halogens is 1. The Morgan fingerprint density at radius 1 is 1.22 bits per heavy atom. The highest BCUT2D eigenvalue weighted by molar-refractivity contribution is 14.0. The molecule has 3 N–H and O–H groups in total. The molecule has 2 atom stereocenters. The fourth-order valence-corrected chi connectivity index (χ4v) is 4.29. The maximum absolute atomic E-state index is 12.7. The van der Waals surface area contributed by atoms with Gasteiger partial charge < -0.3 is 20.9 Å². The van der Waals surface area contributed by atoms with E-state index in [0.29, 0.717) is 12.5 Å². The van der Waals surface area contributed by atoms with Gasteiger partial charge in [0.15, 0.2) is 5.96 Å². The van der Waals surface area contributed by atoms with Crippen LogP contribution in [-0.2, 0) is 16.1 Å². The summed E-state index contributed by atoms with van der Waals surface area (Å²) in [5, 5.41) is 9.79. The first-order valence-corrected chi connectivity index (χ1v) is 11.7. The molecule has 0 radical (unpaired) electrons. The van der Waals surface area contributed by atoms with Crippen molar-refractivity contribution < 1.29 is 9.59 Å². The van der Waals surface area contributed by atoms with Gasteiger partial charge in [0, 0.05) is 50.2 Å². The van der Waals surface area contributed by atoms with Gasteiger partial charge in [-0.05, 0) is 43.4 Å². The van der Waals surface area contributed by atoms with E-state index >= 15 is 0 Å². The fourth-order valence-electron chi connectivity index (χ4n) is 4.29. The Bertz CT molecular complexity index is 794. The predicted molar refractivity (Wildman–Crippen MR) is 140 cm³/mol. The fraction of sp³-hybridized carbons (Fsp3) is 0.625. The number of hydrogen-bond acceptors (Lipinski definition) is 3. The van der Waals surface area contributed by atoms with Crippen molar-refractivity contribution in [3.8, 4) is 0 Å². The van der Waals surface area contributed by atoms with Crippen molar-refractivity contribution in [2.24, 2.45) is 16.8 Å². The lowest BCUT2D eigenvalue weighted by atomic mass is 10.1. The highest BCUT2D eigenvalue weighted by atomic mass is 127. The second kappa shape index (κ2) is 13.0. The molecule has 1 heterocycles. The largest absolute Gasteiger partial charge is 0.352 e. The van der Waals surface area contributed by atoms with Gasteiger partial charge in [-0.25, -0.2) is 0 Å². The first kappa shape index (κ1) is 26.4. The van der Waals surface area contributed by atoms with Crippen molar-refractivity contribution in [1.29, 1.82) is 0 Å². The molecule has 178 valence electrons. The summed E-state index contributed by atoms with van der Waals surface area (Å²) >= 11 is 0. The van der Waals surface area contributed by atoms with E-state index in [9.17, 15) is 9.59 Å². The van der Waals surface area contributed by atoms with Crippen molar-refractivity contribution in [2.75, 3.05) is 25.5 Å². The van der Waals surface area contributed by atoms with Crippen LogP contribution in [0.5, 0.6) is 0 Å². The summed E-state index contributed by atoms with van der Waals surface area (Å²) in [5.41, 5.74) is 1.87. The third-order valence-electron chi connectivity index (χ3n) is 6.48. The molecule has 0 bridgehead atoms. The van der Waals surface area contributed by atoms with E-state index in [2.05, 4.69) is 20.9 Å². The van der Waals surface area contributed by atoms with Crippen molar-refractivity contribution in [2.45, 2.75) is 65.0 Å². The number of carbonyl (C=O) groups excluding carboxylic acids is 2. The highest BCUT2D eigenvalue weighted by Crippen LogP contribution is 2.27. The SMILES string of the molecule is CCC(C)C(=O)Nc1cccc(CNC(=NC)NC2CCN(C(=O)C3CCCC3)C2)c1.I. The Morgan fingerprint density at radius 3 is 2.66 bits per heavy atom. The summed E-state index contributed by atoms with van der Waals surface area (Å²) in [7, 11) is 1.76. The molecule has 3 rings (SSSR count). The lowest BCUT2D eigenvalue weighted by molar-refractivity contribution is -0.134. The van der Waals surface area contributed by atoms with Gasteiger partial charge >= 0.3 is 0 Å². The minimum Gasteiger partial charge on any atom is -0.352 e. The molecule has 1 saturated carbocycles. The number of anilines is 1. The van der Waals surface area contributed by atoms with Crippen LogP contribution in [-0.4, -0.2) is 48.9 Å². The molecule has 8 heteroatoms. The first-order chi connectivity index (χ1) is 15.0. The maximum atomic E-state index is 12.7. The lowest BCUT2D eigenvalue weighted by Gasteiger charge is -2.21. The number of carbonyl (C=O) groups is 2. The summed E-state index contributed by atoms with van der Waals surface area (Å²) < 4.78 is 0. The number of guanidine groups is 1. The first-order valence-electron chi connectivity index (χ1n) is 11.7. The summed E-state index contributed by atoms with van der Waals surface area (Å²) in [6.07, 6.45) is 6.23. The van der Waals surface area contributed by atoms with Crippen molar-refractivity contribution >= 4 is 47.4 Å². The second-order valence-electron chi connectivity index (χ2n) is 8.82. The van der Waals surface area contributed by atoms with Gasteiger partial charge in [-0.2, -0.15) is 0 Å². The lowest BCUT2D eigenvalue weighted by Crippen LogP contribution is -2.45. The van der Waals surface area contributed by atoms with Crippen LogP contribution in [0.2, 0.25) is 0 Å². The number of nitrogens with one attached hydrogen (secondary N) is 3. The monoisotopic (exact) mass is 555 g/mol. The van der Waals surface area contributed by atoms with Crippen LogP contribution >= 0.6 is 24.0 Å². The van der Waals surface area contributed by atoms with Crippen molar-refractivity contribution in [3.63, 3.8) is 0 Å². The summed E-state index contributed by atoms with van der Waals surface area (Å²) in [6.45, 7) is 6.11. The average molecular weight is 556 g/mol. The second-order valence-corrected chi connectivity index (χ2v) is 8.82. The molecule has 1 aromatic rings. The minimum atomic E-state index is -0.00339. The van der Waals surface area contributed by atoms with E-state index < -0.39 is 0 Å². The highest BCUT2D eigenvalue weighted by Gasteiger charge is 2.32. The van der Waals surface area contributed by atoms with E-state index in [0.717, 1.165) is 56.0 Å². The molecule has 1 saturated heterocycles. The molecule has 1 aliphatic carbocycles. The zero-order valence-corrected chi connectivity index (χ0v) is 21.9. The van der Waals surface area contributed by atoms with Crippen LogP contribution in [0.15, 0.2) is 29.3 Å². The Labute approximate surface area is 209 Å². The van der Waals surface area contributed by atoms with Gasteiger partial charge in [0.25, 0.3) is 0 Å². The Balaban J connectivity index is 0.00000363. The van der Waals surface area contributed by atoms with E-state index in [1.807, 2.05) is 43.0 Å². The third-order valence-corrected chi connectivity index (χ3v) is 6.48. The molecule has 0 aromatic heterocycles. The molecule has 1 aliphatic heterocycles. The Morgan fingerprint density at radius 2 is 1.97 bits per heavy atom. The van der Waals surface area contributed by atoms with Crippen LogP contribution in [0, 0.1) is 11.8 Å². The number of amides is 2. The van der Waals surface area contributed by atoms with Crippen LogP contribution in [0.25, 0.3) is 0 Å². The minimum absolute atomic E-state index is 0. The standard InChI is InChI=1S/C24H37N5O2.HI/c1-4-17(2)22(30)27-20-11-7-8-18(14-20)15-26-24(25-3)28-21-12-13-29(16-21)23(31)19-9-5-6-10-19;/h7-8,11,14,17,19,21H,4-6,9-10,12-13,15-16H2,1-3H3,(H,27,30)(H2,25,26,28);1H. The molecular weight excluding hydrogens is 517 g/mol. The van der Waals surface area contributed by atoms with Crippen LogP contribution in [0.4, 0.5) is 5.69 Å². The molecule has 7 nitrogen and oxygen atoms in total. The Kier molecular flexibility index (Phi) is 10.7. The number of nitrogens with zero attached hydrogens (tertiary/aromatic N) is 2. The molecule has 2 amide bonds. The van der Waals surface area contributed by atoms with Crippen molar-refractivity contribution in [3.05, 3.63) is 29.8 Å². The number of rotatable bonds is 7. The summed E-state index contributed by atoms with van der Waals surface area (Å²) in [6, 6.07) is 8.08. The van der Waals surface area contributed by atoms with Crippen molar-refractivity contribution in [1.82, 2.24) is 15.5 Å². The number of hydrogen-bond donors (Lipinski definition) is 3. The number of benzene rings is 1. The predicted octanol–water partition coefficient (Wildman–Crippen LogP) is 3.75. The van der Waals surface area contributed by atoms with Gasteiger partial charge in [0.1, 0.15) is 0 Å². The summed E-state index contributed by atoms with van der Waals surface area (Å²) in [5.74, 6) is 1.35. The van der Waals surface area contributed by atoms with Gasteiger partial charge in [-0.3, -0.25) is 14.6 Å². The zero-order valence-electron chi connectivity index (χ0n) is 19.5. The summed E-state index contributed by atoms with van der Waals surface area (Å²) in [4.78, 5) is 31.1. The maximum Gasteiger partial charge on any atom is 0.227 e. The molecule has 0 spiro atoms. The molecule has 32 heavy (non-hydrogen) atoms. The molecule has 2 aliphatic rings. The van der Waals surface area contributed by atoms with Gasteiger partial charge in [-0.1, -0.05) is 38.8 Å². The Hall–Kier alpha value is -1.84. The van der Waals surface area contributed by atoms with E-state index in [1.54, 1.807) is 7.05 Å². The number of likely N-dealkylation sites (tertiary alicyclic amines) is 1. The molecule has 2 unspecified atom stereocenters. The normalized spacial score (nSPS) is 19.9. The molecular formula is C24H38IN5O2. The molecule has 1 aromatic carbocycles. The van der Waals surface area contributed by atoms with Gasteiger partial charge in [0.05, 0.1) is 0 Å². The van der Waals surface area contributed by atoms with Gasteiger partial charge in [0.2, 0.25) is 11.8 Å². The quantitative estimate of drug-likeness (QED) is 0.272. The number of aliphatic imine (C=N–C) groups is 1. The smallest absolute Gasteiger partial charge is 0.227 e. The average Bonchev–Trinajstić information content (AvgIpc) is 3.48. The molecule has 2 fully saturated rings. The zero-order chi connectivity index (χ0) is 22.2. The topological polar surface area (TPSA) is 85.8 Å².